The maximum absolute atomic E-state index is 11.2. The van der Waals surface area contributed by atoms with Gasteiger partial charge < -0.3 is 10.5 Å². The van der Waals surface area contributed by atoms with Crippen molar-refractivity contribution in [1.29, 1.82) is 0 Å². The molecule has 1 aromatic heterocycles. The molecule has 0 aliphatic heterocycles. The number of halogens is 1. The third-order valence-electron chi connectivity index (χ3n) is 2.74. The Morgan fingerprint density at radius 1 is 1.45 bits per heavy atom. The lowest BCUT2D eigenvalue weighted by molar-refractivity contribution is 0.0996. The van der Waals surface area contributed by atoms with E-state index in [0.717, 1.165) is 12.8 Å². The molecule has 0 aliphatic carbocycles. The number of carbonyl (C=O) groups is 1. The second-order valence-corrected chi connectivity index (χ2v) is 4.64. The van der Waals surface area contributed by atoms with Gasteiger partial charge in [-0.15, -0.1) is 0 Å². The van der Waals surface area contributed by atoms with Crippen molar-refractivity contribution in [3.05, 3.63) is 28.9 Å². The van der Waals surface area contributed by atoms with Crippen molar-refractivity contribution in [3.8, 4) is 17.0 Å². The van der Waals surface area contributed by atoms with E-state index in [4.69, 9.17) is 22.1 Å². The first-order chi connectivity index (χ1) is 9.63. The molecule has 0 radical (unpaired) electrons. The molecule has 7 heteroatoms. The fraction of sp³-hybridized carbons (Fsp3) is 0.308. The zero-order valence-corrected chi connectivity index (χ0v) is 11.8. The fourth-order valence-corrected chi connectivity index (χ4v) is 1.93. The topological polar surface area (TPSA) is 93.9 Å². The van der Waals surface area contributed by atoms with Crippen molar-refractivity contribution in [2.45, 2.75) is 19.8 Å². The molecule has 1 aromatic carbocycles. The predicted octanol–water partition coefficient (Wildman–Crippen LogP) is 2.40. The van der Waals surface area contributed by atoms with Crippen molar-refractivity contribution in [2.24, 2.45) is 5.73 Å². The summed E-state index contributed by atoms with van der Waals surface area (Å²) >= 11 is 6.16. The van der Waals surface area contributed by atoms with E-state index >= 15 is 0 Å². The minimum absolute atomic E-state index is 0.0840. The molecule has 2 aromatic rings. The van der Waals surface area contributed by atoms with Crippen molar-refractivity contribution >= 4 is 17.5 Å². The van der Waals surface area contributed by atoms with Crippen molar-refractivity contribution in [3.63, 3.8) is 0 Å². The number of H-pyrrole nitrogens is 1. The number of hydrogen-bond donors (Lipinski definition) is 2. The van der Waals surface area contributed by atoms with Crippen molar-refractivity contribution < 1.29 is 9.53 Å². The third-order valence-corrected chi connectivity index (χ3v) is 3.04. The number of hydrogen-bond acceptors (Lipinski definition) is 4. The first-order valence-corrected chi connectivity index (χ1v) is 6.64. The van der Waals surface area contributed by atoms with E-state index in [1.165, 1.54) is 0 Å². The van der Waals surface area contributed by atoms with E-state index in [1.807, 2.05) is 0 Å². The van der Waals surface area contributed by atoms with Crippen LogP contribution < -0.4 is 10.5 Å². The standard InChI is InChI=1S/C13H15ClN4O2/c1-2-3-6-20-10-5-4-8(7-9(10)14)11-12(13(15)19)17-18-16-11/h4-5,7H,2-3,6H2,1H3,(H2,15,19)(H,16,17,18). The Bertz CT molecular complexity index is 612. The van der Waals surface area contributed by atoms with Crippen LogP contribution in [0.25, 0.3) is 11.3 Å². The highest BCUT2D eigenvalue weighted by atomic mass is 35.5. The summed E-state index contributed by atoms with van der Waals surface area (Å²) in [6.45, 7) is 2.70. The van der Waals surface area contributed by atoms with Gasteiger partial charge >= 0.3 is 0 Å². The summed E-state index contributed by atoms with van der Waals surface area (Å²) in [5.41, 5.74) is 6.34. The number of nitrogens with two attached hydrogens (primary N) is 1. The summed E-state index contributed by atoms with van der Waals surface area (Å²) in [6, 6.07) is 5.18. The molecular weight excluding hydrogens is 280 g/mol. The van der Waals surface area contributed by atoms with Crippen LogP contribution in [0.2, 0.25) is 5.02 Å². The Labute approximate surface area is 121 Å². The summed E-state index contributed by atoms with van der Waals surface area (Å²) in [5.74, 6) is -0.0406. The van der Waals surface area contributed by atoms with Gasteiger partial charge in [-0.05, 0) is 24.6 Å². The van der Waals surface area contributed by atoms with Gasteiger partial charge in [0, 0.05) is 5.56 Å². The molecular formula is C13H15ClN4O2. The summed E-state index contributed by atoms with van der Waals surface area (Å²) in [6.07, 6.45) is 2.02. The van der Waals surface area contributed by atoms with Gasteiger partial charge in [-0.3, -0.25) is 4.79 Å². The number of amides is 1. The van der Waals surface area contributed by atoms with E-state index in [9.17, 15) is 4.79 Å². The number of unbranched alkanes of at least 4 members (excludes halogenated alkanes) is 1. The number of benzene rings is 1. The number of primary amides is 1. The molecule has 1 amide bonds. The molecule has 1 heterocycles. The first-order valence-electron chi connectivity index (χ1n) is 6.26. The van der Waals surface area contributed by atoms with Gasteiger partial charge in [-0.2, -0.15) is 15.4 Å². The van der Waals surface area contributed by atoms with Gasteiger partial charge in [0.2, 0.25) is 0 Å². The summed E-state index contributed by atoms with van der Waals surface area (Å²) in [7, 11) is 0. The maximum Gasteiger partial charge on any atom is 0.271 e. The van der Waals surface area contributed by atoms with Gasteiger partial charge in [0.05, 0.1) is 11.6 Å². The van der Waals surface area contributed by atoms with Gasteiger partial charge in [-0.1, -0.05) is 24.9 Å². The summed E-state index contributed by atoms with van der Waals surface area (Å²) in [5, 5.41) is 10.5. The van der Waals surface area contributed by atoms with Crippen LogP contribution >= 0.6 is 11.6 Å². The van der Waals surface area contributed by atoms with E-state index in [1.54, 1.807) is 18.2 Å². The van der Waals surface area contributed by atoms with Crippen LogP contribution in [-0.4, -0.2) is 27.9 Å². The molecule has 0 saturated heterocycles. The zero-order valence-electron chi connectivity index (χ0n) is 11.0. The van der Waals surface area contributed by atoms with Crippen LogP contribution in [0.3, 0.4) is 0 Å². The Hall–Kier alpha value is -2.08. The van der Waals surface area contributed by atoms with Crippen molar-refractivity contribution in [2.75, 3.05) is 6.61 Å². The molecule has 3 N–H and O–H groups in total. The van der Waals surface area contributed by atoms with Gasteiger partial charge in [0.25, 0.3) is 5.91 Å². The lowest BCUT2D eigenvalue weighted by Gasteiger charge is -2.08. The lowest BCUT2D eigenvalue weighted by Crippen LogP contribution is -2.12. The smallest absolute Gasteiger partial charge is 0.271 e. The minimum atomic E-state index is -0.645. The lowest BCUT2D eigenvalue weighted by atomic mass is 10.1. The molecule has 2 rings (SSSR count). The monoisotopic (exact) mass is 294 g/mol. The molecule has 106 valence electrons. The molecule has 0 aliphatic rings. The number of aromatic amines is 1. The van der Waals surface area contributed by atoms with Crippen molar-refractivity contribution in [1.82, 2.24) is 15.4 Å². The van der Waals surface area contributed by atoms with E-state index in [-0.39, 0.29) is 5.69 Å². The minimum Gasteiger partial charge on any atom is -0.492 e. The summed E-state index contributed by atoms with van der Waals surface area (Å²) in [4.78, 5) is 11.2. The fourth-order valence-electron chi connectivity index (χ4n) is 1.70. The normalized spacial score (nSPS) is 10.5. The van der Waals surface area contributed by atoms with Crippen LogP contribution in [0.1, 0.15) is 30.3 Å². The number of nitrogens with zero attached hydrogens (tertiary/aromatic N) is 2. The first kappa shape index (κ1) is 14.3. The van der Waals surface area contributed by atoms with Crippen LogP contribution in [-0.2, 0) is 0 Å². The van der Waals surface area contributed by atoms with Crippen LogP contribution in [0.4, 0.5) is 0 Å². The second-order valence-electron chi connectivity index (χ2n) is 4.23. The molecule has 0 fully saturated rings. The number of ether oxygens (including phenoxy) is 1. The van der Waals surface area contributed by atoms with Crippen LogP contribution in [0, 0.1) is 0 Å². The van der Waals surface area contributed by atoms with Crippen LogP contribution in [0.5, 0.6) is 5.75 Å². The molecule has 0 atom stereocenters. The van der Waals surface area contributed by atoms with Gasteiger partial charge in [0.1, 0.15) is 11.4 Å². The number of rotatable bonds is 6. The Kier molecular flexibility index (Phi) is 4.57. The van der Waals surface area contributed by atoms with Gasteiger partial charge in [0.15, 0.2) is 5.69 Å². The Balaban J connectivity index is 2.24. The second kappa shape index (κ2) is 6.38. The number of aromatic nitrogens is 3. The third kappa shape index (κ3) is 3.08. The quantitative estimate of drug-likeness (QED) is 0.800. The molecule has 6 nitrogen and oxygen atoms in total. The van der Waals surface area contributed by atoms with Gasteiger partial charge in [-0.25, -0.2) is 0 Å². The highest BCUT2D eigenvalue weighted by molar-refractivity contribution is 6.32. The number of nitrogens with one attached hydrogen (secondary N) is 1. The van der Waals surface area contributed by atoms with E-state index < -0.39 is 5.91 Å². The van der Waals surface area contributed by atoms with E-state index in [2.05, 4.69) is 22.3 Å². The predicted molar refractivity (Wildman–Crippen MR) is 75.7 cm³/mol. The molecule has 0 saturated carbocycles. The molecule has 20 heavy (non-hydrogen) atoms. The molecule has 0 bridgehead atoms. The highest BCUT2D eigenvalue weighted by Crippen LogP contribution is 2.30. The zero-order chi connectivity index (χ0) is 14.5. The largest absolute Gasteiger partial charge is 0.492 e. The SMILES string of the molecule is CCCCOc1ccc(-c2n[nH]nc2C(N)=O)cc1Cl. The summed E-state index contributed by atoms with van der Waals surface area (Å²) < 4.78 is 5.56. The number of carbonyl (C=O) groups excluding carboxylic acids is 1. The Morgan fingerprint density at radius 3 is 2.90 bits per heavy atom. The maximum atomic E-state index is 11.2. The van der Waals surface area contributed by atoms with Crippen LogP contribution in [0.15, 0.2) is 18.2 Å². The molecule has 0 unspecified atom stereocenters. The van der Waals surface area contributed by atoms with E-state index in [0.29, 0.717) is 28.6 Å². The molecule has 0 spiro atoms. The average molecular weight is 295 g/mol. The highest BCUT2D eigenvalue weighted by Gasteiger charge is 2.16. The Morgan fingerprint density at radius 2 is 2.25 bits per heavy atom. The average Bonchev–Trinajstić information content (AvgIpc) is 2.90.